The fourth-order valence-corrected chi connectivity index (χ4v) is 0.587. The lowest BCUT2D eigenvalue weighted by molar-refractivity contribution is 0.198. The zero-order chi connectivity index (χ0) is 5.98. The molecule has 1 rings (SSSR count). The van der Waals surface area contributed by atoms with Gasteiger partial charge in [0.2, 0.25) is 0 Å². The van der Waals surface area contributed by atoms with E-state index in [2.05, 4.69) is 6.08 Å². The molecule has 0 spiro atoms. The Bertz CT molecular complexity index is 133. The first-order valence-corrected chi connectivity index (χ1v) is 2.79. The van der Waals surface area contributed by atoms with Gasteiger partial charge in [0.1, 0.15) is 6.10 Å². The van der Waals surface area contributed by atoms with Crippen molar-refractivity contribution < 1.29 is 4.74 Å². The minimum atomic E-state index is 0.263. The smallest absolute Gasteiger partial charge is 0.113 e. The van der Waals surface area contributed by atoms with Crippen LogP contribution in [0.3, 0.4) is 0 Å². The first-order valence-electron chi connectivity index (χ1n) is 2.79. The molecule has 0 saturated carbocycles. The van der Waals surface area contributed by atoms with Gasteiger partial charge in [0.25, 0.3) is 0 Å². The van der Waals surface area contributed by atoms with E-state index in [0.717, 1.165) is 0 Å². The standard InChI is InChI=1S/C7H10O/c1-6-3-4-7(2)8-5-6/h3-5,7H,1-2H3. The van der Waals surface area contributed by atoms with Gasteiger partial charge in [0, 0.05) is 0 Å². The van der Waals surface area contributed by atoms with Gasteiger partial charge < -0.3 is 4.74 Å². The molecule has 0 aliphatic carbocycles. The first kappa shape index (κ1) is 5.42. The van der Waals surface area contributed by atoms with Crippen LogP contribution in [0.5, 0.6) is 0 Å². The molecule has 1 aliphatic rings. The van der Waals surface area contributed by atoms with Crippen molar-refractivity contribution in [3.8, 4) is 0 Å². The van der Waals surface area contributed by atoms with Gasteiger partial charge in [-0.25, -0.2) is 0 Å². The van der Waals surface area contributed by atoms with Gasteiger partial charge in [0.15, 0.2) is 0 Å². The number of rotatable bonds is 0. The summed E-state index contributed by atoms with van der Waals surface area (Å²) in [5, 5.41) is 0. The second-order valence-corrected chi connectivity index (χ2v) is 2.06. The van der Waals surface area contributed by atoms with Gasteiger partial charge >= 0.3 is 0 Å². The fraction of sp³-hybridized carbons (Fsp3) is 0.429. The van der Waals surface area contributed by atoms with Gasteiger partial charge in [-0.05, 0) is 25.5 Å². The second-order valence-electron chi connectivity index (χ2n) is 2.06. The van der Waals surface area contributed by atoms with E-state index in [9.17, 15) is 0 Å². The number of hydrogen-bond donors (Lipinski definition) is 0. The molecule has 0 fully saturated rings. The molecular formula is C7H10O. The lowest BCUT2D eigenvalue weighted by Gasteiger charge is -2.10. The molecule has 1 atom stereocenters. The summed E-state index contributed by atoms with van der Waals surface area (Å²) in [6, 6.07) is 0. The summed E-state index contributed by atoms with van der Waals surface area (Å²) in [6.45, 7) is 4.03. The average molecular weight is 110 g/mol. The molecule has 0 N–H and O–H groups in total. The molecule has 1 heterocycles. The summed E-state index contributed by atoms with van der Waals surface area (Å²) < 4.78 is 5.14. The molecule has 0 amide bonds. The van der Waals surface area contributed by atoms with E-state index in [-0.39, 0.29) is 6.10 Å². The highest BCUT2D eigenvalue weighted by atomic mass is 16.5. The third-order valence-corrected chi connectivity index (χ3v) is 1.10. The van der Waals surface area contributed by atoms with E-state index in [0.29, 0.717) is 0 Å². The topological polar surface area (TPSA) is 9.23 Å². The molecule has 1 aliphatic heterocycles. The summed E-state index contributed by atoms with van der Waals surface area (Å²) in [7, 11) is 0. The zero-order valence-corrected chi connectivity index (χ0v) is 5.22. The van der Waals surface area contributed by atoms with Crippen molar-refractivity contribution >= 4 is 0 Å². The van der Waals surface area contributed by atoms with Crippen LogP contribution in [0.4, 0.5) is 0 Å². The van der Waals surface area contributed by atoms with Crippen molar-refractivity contribution in [2.75, 3.05) is 0 Å². The minimum Gasteiger partial charge on any atom is -0.494 e. The molecule has 8 heavy (non-hydrogen) atoms. The maximum Gasteiger partial charge on any atom is 0.113 e. The van der Waals surface area contributed by atoms with Gasteiger partial charge in [-0.15, -0.1) is 0 Å². The van der Waals surface area contributed by atoms with Crippen LogP contribution < -0.4 is 0 Å². The normalized spacial score (nSPS) is 26.8. The van der Waals surface area contributed by atoms with Crippen LogP contribution in [0.2, 0.25) is 0 Å². The Balaban J connectivity index is 2.58. The summed E-state index contributed by atoms with van der Waals surface area (Å²) in [5.41, 5.74) is 1.18. The number of allylic oxidation sites excluding steroid dienone is 2. The van der Waals surface area contributed by atoms with Crippen molar-refractivity contribution in [3.63, 3.8) is 0 Å². The Labute approximate surface area is 49.7 Å². The Hall–Kier alpha value is -0.720. The fourth-order valence-electron chi connectivity index (χ4n) is 0.587. The van der Waals surface area contributed by atoms with Gasteiger partial charge in [-0.3, -0.25) is 0 Å². The van der Waals surface area contributed by atoms with Crippen LogP contribution in [-0.2, 0) is 4.74 Å². The lowest BCUT2D eigenvalue weighted by atomic mass is 10.2. The largest absolute Gasteiger partial charge is 0.494 e. The molecule has 1 heteroatoms. The first-order chi connectivity index (χ1) is 3.79. The second kappa shape index (κ2) is 2.03. The highest BCUT2D eigenvalue weighted by molar-refractivity contribution is 5.17. The average Bonchev–Trinajstić information content (AvgIpc) is 1.77. The van der Waals surface area contributed by atoms with E-state index in [1.165, 1.54) is 5.57 Å². The van der Waals surface area contributed by atoms with Crippen molar-refractivity contribution in [2.45, 2.75) is 20.0 Å². The third kappa shape index (κ3) is 1.12. The Morgan fingerprint density at radius 3 is 2.75 bits per heavy atom. The molecular weight excluding hydrogens is 100 g/mol. The molecule has 0 aromatic rings. The van der Waals surface area contributed by atoms with E-state index in [4.69, 9.17) is 4.74 Å². The minimum absolute atomic E-state index is 0.263. The van der Waals surface area contributed by atoms with Crippen molar-refractivity contribution in [1.29, 1.82) is 0 Å². The molecule has 0 aromatic heterocycles. The Morgan fingerprint density at radius 2 is 2.38 bits per heavy atom. The van der Waals surface area contributed by atoms with Gasteiger partial charge in [-0.1, -0.05) is 6.08 Å². The monoisotopic (exact) mass is 110 g/mol. The van der Waals surface area contributed by atoms with Crippen molar-refractivity contribution in [2.24, 2.45) is 0 Å². The van der Waals surface area contributed by atoms with E-state index in [1.807, 2.05) is 19.9 Å². The van der Waals surface area contributed by atoms with E-state index < -0.39 is 0 Å². The van der Waals surface area contributed by atoms with Crippen LogP contribution in [0, 0.1) is 0 Å². The molecule has 0 bridgehead atoms. The Kier molecular flexibility index (Phi) is 1.38. The van der Waals surface area contributed by atoms with Crippen LogP contribution in [-0.4, -0.2) is 6.10 Å². The highest BCUT2D eigenvalue weighted by Crippen LogP contribution is 2.06. The summed E-state index contributed by atoms with van der Waals surface area (Å²) in [6.07, 6.45) is 6.15. The molecule has 44 valence electrons. The predicted octanol–water partition coefficient (Wildman–Crippen LogP) is 1.87. The van der Waals surface area contributed by atoms with E-state index >= 15 is 0 Å². The highest BCUT2D eigenvalue weighted by Gasteiger charge is 1.97. The van der Waals surface area contributed by atoms with Crippen molar-refractivity contribution in [3.05, 3.63) is 24.0 Å². The third-order valence-electron chi connectivity index (χ3n) is 1.10. The summed E-state index contributed by atoms with van der Waals surface area (Å²) in [5.74, 6) is 0. The van der Waals surface area contributed by atoms with Crippen LogP contribution >= 0.6 is 0 Å². The van der Waals surface area contributed by atoms with Gasteiger partial charge in [-0.2, -0.15) is 0 Å². The van der Waals surface area contributed by atoms with Crippen LogP contribution in [0.25, 0.3) is 0 Å². The number of hydrogen-bond acceptors (Lipinski definition) is 1. The lowest BCUT2D eigenvalue weighted by Crippen LogP contribution is -2.02. The van der Waals surface area contributed by atoms with Gasteiger partial charge in [0.05, 0.1) is 6.26 Å². The van der Waals surface area contributed by atoms with Crippen LogP contribution in [0.15, 0.2) is 24.0 Å². The molecule has 1 nitrogen and oxygen atoms in total. The summed E-state index contributed by atoms with van der Waals surface area (Å²) in [4.78, 5) is 0. The maximum atomic E-state index is 5.14. The van der Waals surface area contributed by atoms with E-state index in [1.54, 1.807) is 6.26 Å². The quantitative estimate of drug-likeness (QED) is 0.462. The molecule has 1 unspecified atom stereocenters. The molecule has 0 aromatic carbocycles. The zero-order valence-electron chi connectivity index (χ0n) is 5.22. The SMILES string of the molecule is CC1=COC(C)C=C1. The Morgan fingerprint density at radius 1 is 1.62 bits per heavy atom. The van der Waals surface area contributed by atoms with Crippen LogP contribution in [0.1, 0.15) is 13.8 Å². The predicted molar refractivity (Wildman–Crippen MR) is 33.4 cm³/mol. The molecule has 0 radical (unpaired) electrons. The maximum absolute atomic E-state index is 5.14. The summed E-state index contributed by atoms with van der Waals surface area (Å²) >= 11 is 0. The van der Waals surface area contributed by atoms with Crippen molar-refractivity contribution in [1.82, 2.24) is 0 Å². The number of ether oxygens (including phenoxy) is 1. The molecule has 0 saturated heterocycles.